The Morgan fingerprint density at radius 3 is 2.50 bits per heavy atom. The van der Waals surface area contributed by atoms with Crippen molar-refractivity contribution in [1.29, 1.82) is 0 Å². The molecule has 2 rings (SSSR count). The SMILES string of the molecule is CN(C)c1nc(Cl)ncc1CCN(C(=O)Cl)c1ccccc1. The summed E-state index contributed by atoms with van der Waals surface area (Å²) in [7, 11) is 3.76. The first-order valence-electron chi connectivity index (χ1n) is 6.70. The van der Waals surface area contributed by atoms with Crippen molar-refractivity contribution in [2.45, 2.75) is 6.42 Å². The lowest BCUT2D eigenvalue weighted by Crippen LogP contribution is -2.28. The predicted molar refractivity (Wildman–Crippen MR) is 90.1 cm³/mol. The van der Waals surface area contributed by atoms with E-state index >= 15 is 0 Å². The Morgan fingerprint density at radius 1 is 1.23 bits per heavy atom. The lowest BCUT2D eigenvalue weighted by molar-refractivity contribution is 0.264. The molecule has 0 bridgehead atoms. The number of amides is 1. The average molecular weight is 339 g/mol. The van der Waals surface area contributed by atoms with Gasteiger partial charge < -0.3 is 4.90 Å². The first-order valence-corrected chi connectivity index (χ1v) is 7.45. The van der Waals surface area contributed by atoms with E-state index in [4.69, 9.17) is 23.2 Å². The van der Waals surface area contributed by atoms with E-state index in [9.17, 15) is 4.79 Å². The van der Waals surface area contributed by atoms with E-state index in [2.05, 4.69) is 9.97 Å². The molecule has 0 fully saturated rings. The van der Waals surface area contributed by atoms with Gasteiger partial charge in [0.1, 0.15) is 5.82 Å². The van der Waals surface area contributed by atoms with Crippen molar-refractivity contribution in [2.24, 2.45) is 0 Å². The molecule has 116 valence electrons. The van der Waals surface area contributed by atoms with Gasteiger partial charge in [-0.3, -0.25) is 9.69 Å². The zero-order chi connectivity index (χ0) is 16.1. The zero-order valence-electron chi connectivity index (χ0n) is 12.3. The van der Waals surface area contributed by atoms with Crippen LogP contribution in [-0.4, -0.2) is 36.0 Å². The van der Waals surface area contributed by atoms with Crippen molar-refractivity contribution in [3.05, 3.63) is 47.4 Å². The molecule has 0 saturated carbocycles. The van der Waals surface area contributed by atoms with Gasteiger partial charge in [0.2, 0.25) is 5.28 Å². The van der Waals surface area contributed by atoms with Crippen LogP contribution in [0.5, 0.6) is 0 Å². The lowest BCUT2D eigenvalue weighted by atomic mass is 10.2. The van der Waals surface area contributed by atoms with E-state index in [-0.39, 0.29) is 5.28 Å². The van der Waals surface area contributed by atoms with Crippen molar-refractivity contribution < 1.29 is 4.79 Å². The molecular weight excluding hydrogens is 323 g/mol. The third-order valence-corrected chi connectivity index (χ3v) is 3.51. The van der Waals surface area contributed by atoms with E-state index in [1.165, 1.54) is 4.90 Å². The number of carbonyl (C=O) groups is 1. The quantitative estimate of drug-likeness (QED) is 0.474. The number of halogens is 2. The molecule has 0 N–H and O–H groups in total. The monoisotopic (exact) mass is 338 g/mol. The molecular formula is C15H16Cl2N4O. The first-order chi connectivity index (χ1) is 10.5. The average Bonchev–Trinajstić information content (AvgIpc) is 2.49. The fraction of sp³-hybridized carbons (Fsp3) is 0.267. The normalized spacial score (nSPS) is 10.4. The summed E-state index contributed by atoms with van der Waals surface area (Å²) in [6, 6.07) is 9.28. The largest absolute Gasteiger partial charge is 0.362 e. The molecule has 1 aromatic carbocycles. The highest BCUT2D eigenvalue weighted by atomic mass is 35.5. The molecule has 0 aliphatic carbocycles. The van der Waals surface area contributed by atoms with Gasteiger partial charge in [0.05, 0.1) is 0 Å². The van der Waals surface area contributed by atoms with Crippen LogP contribution in [0.2, 0.25) is 5.28 Å². The maximum Gasteiger partial charge on any atom is 0.320 e. The number of rotatable bonds is 5. The maximum atomic E-state index is 11.7. The van der Waals surface area contributed by atoms with Crippen LogP contribution < -0.4 is 9.80 Å². The summed E-state index contributed by atoms with van der Waals surface area (Å²) in [6.45, 7) is 0.429. The van der Waals surface area contributed by atoms with Gasteiger partial charge in [-0.2, -0.15) is 0 Å². The molecule has 1 heterocycles. The summed E-state index contributed by atoms with van der Waals surface area (Å²) in [5, 5.41) is -0.326. The predicted octanol–water partition coefficient (Wildman–Crippen LogP) is 3.60. The van der Waals surface area contributed by atoms with Crippen LogP contribution in [0.25, 0.3) is 0 Å². The molecule has 5 nitrogen and oxygen atoms in total. The highest BCUT2D eigenvalue weighted by Gasteiger charge is 2.15. The zero-order valence-corrected chi connectivity index (χ0v) is 13.8. The van der Waals surface area contributed by atoms with Crippen LogP contribution in [0.3, 0.4) is 0 Å². The van der Waals surface area contributed by atoms with Crippen LogP contribution in [-0.2, 0) is 6.42 Å². The van der Waals surface area contributed by atoms with Gasteiger partial charge in [-0.25, -0.2) is 9.97 Å². The van der Waals surface area contributed by atoms with Gasteiger partial charge >= 0.3 is 5.37 Å². The second kappa shape index (κ2) is 7.42. The molecule has 1 amide bonds. The van der Waals surface area contributed by atoms with Crippen LogP contribution in [0, 0.1) is 0 Å². The Labute approximate surface area is 139 Å². The number of nitrogens with zero attached hydrogens (tertiary/aromatic N) is 4. The molecule has 2 aromatic rings. The third-order valence-electron chi connectivity index (χ3n) is 3.12. The van der Waals surface area contributed by atoms with E-state index in [0.717, 1.165) is 17.1 Å². The molecule has 0 spiro atoms. The van der Waals surface area contributed by atoms with Crippen LogP contribution >= 0.6 is 23.2 Å². The highest BCUT2D eigenvalue weighted by molar-refractivity contribution is 6.66. The number of benzene rings is 1. The van der Waals surface area contributed by atoms with Gasteiger partial charge in [-0.15, -0.1) is 0 Å². The summed E-state index contributed by atoms with van der Waals surface area (Å²) in [5.74, 6) is 0.732. The summed E-state index contributed by atoms with van der Waals surface area (Å²) in [6.07, 6.45) is 2.24. The topological polar surface area (TPSA) is 49.3 Å². The Hall–Kier alpha value is -1.85. The van der Waals surface area contributed by atoms with Crippen LogP contribution in [0.1, 0.15) is 5.56 Å². The van der Waals surface area contributed by atoms with Crippen molar-refractivity contribution in [1.82, 2.24) is 9.97 Å². The standard InChI is InChI=1S/C15H16Cl2N4O/c1-20(2)13-11(10-18-14(16)19-13)8-9-21(15(17)22)12-6-4-3-5-7-12/h3-7,10H,8-9H2,1-2H3. The van der Waals surface area contributed by atoms with E-state index < -0.39 is 5.37 Å². The van der Waals surface area contributed by atoms with Gasteiger partial charge in [-0.1, -0.05) is 18.2 Å². The Balaban J connectivity index is 2.19. The molecule has 0 atom stereocenters. The molecule has 1 aromatic heterocycles. The second-order valence-corrected chi connectivity index (χ2v) is 5.53. The molecule has 0 unspecified atom stereocenters. The smallest absolute Gasteiger partial charge is 0.320 e. The summed E-state index contributed by atoms with van der Waals surface area (Å²) in [4.78, 5) is 23.3. The van der Waals surface area contributed by atoms with Crippen LogP contribution in [0.15, 0.2) is 36.5 Å². The van der Waals surface area contributed by atoms with Crippen molar-refractivity contribution >= 4 is 40.1 Å². The number of hydrogen-bond acceptors (Lipinski definition) is 4. The highest BCUT2D eigenvalue weighted by Crippen LogP contribution is 2.20. The van der Waals surface area contributed by atoms with Crippen LogP contribution in [0.4, 0.5) is 16.3 Å². The summed E-state index contributed by atoms with van der Waals surface area (Å²) >= 11 is 11.5. The van der Waals surface area contributed by atoms with Crippen molar-refractivity contribution in [3.63, 3.8) is 0 Å². The van der Waals surface area contributed by atoms with Crippen molar-refractivity contribution in [2.75, 3.05) is 30.4 Å². The Bertz CT molecular complexity index is 649. The van der Waals surface area contributed by atoms with Gasteiger partial charge in [0.15, 0.2) is 0 Å². The maximum absolute atomic E-state index is 11.7. The molecule has 0 aliphatic rings. The minimum Gasteiger partial charge on any atom is -0.362 e. The minimum absolute atomic E-state index is 0.195. The molecule has 0 saturated heterocycles. The number of para-hydroxylation sites is 1. The van der Waals surface area contributed by atoms with Gasteiger partial charge in [0, 0.05) is 38.1 Å². The fourth-order valence-corrected chi connectivity index (χ4v) is 2.41. The Morgan fingerprint density at radius 2 is 1.91 bits per heavy atom. The summed E-state index contributed by atoms with van der Waals surface area (Å²) in [5.41, 5.74) is 1.65. The number of hydrogen-bond donors (Lipinski definition) is 0. The molecule has 22 heavy (non-hydrogen) atoms. The molecule has 0 radical (unpaired) electrons. The lowest BCUT2D eigenvalue weighted by Gasteiger charge is -2.21. The van der Waals surface area contributed by atoms with Gasteiger partial charge in [-0.05, 0) is 41.8 Å². The van der Waals surface area contributed by atoms with E-state index in [0.29, 0.717) is 13.0 Å². The van der Waals surface area contributed by atoms with Gasteiger partial charge in [0.25, 0.3) is 0 Å². The number of aromatic nitrogens is 2. The van der Waals surface area contributed by atoms with Crippen molar-refractivity contribution in [3.8, 4) is 0 Å². The first kappa shape index (κ1) is 16.5. The third kappa shape index (κ3) is 4.08. The fourth-order valence-electron chi connectivity index (χ4n) is 2.10. The molecule has 0 aliphatic heterocycles. The van der Waals surface area contributed by atoms with E-state index in [1.54, 1.807) is 6.20 Å². The second-order valence-electron chi connectivity index (χ2n) is 4.87. The molecule has 7 heteroatoms. The number of carbonyl (C=O) groups excluding carboxylic acids is 1. The number of anilines is 2. The van der Waals surface area contributed by atoms with E-state index in [1.807, 2.05) is 49.3 Å². The summed E-state index contributed by atoms with van der Waals surface area (Å²) < 4.78 is 0. The Kier molecular flexibility index (Phi) is 5.57. The minimum atomic E-state index is -0.521.